The van der Waals surface area contributed by atoms with E-state index in [0.717, 1.165) is 27.9 Å². The maximum atomic E-state index is 13.1. The number of ether oxygens (including phenoxy) is 1. The van der Waals surface area contributed by atoms with E-state index in [1.54, 1.807) is 18.9 Å². The van der Waals surface area contributed by atoms with Gasteiger partial charge in [-0.05, 0) is 36.4 Å². The highest BCUT2D eigenvalue weighted by atomic mass is 32.2. The summed E-state index contributed by atoms with van der Waals surface area (Å²) in [7, 11) is -2.25. The van der Waals surface area contributed by atoms with Crippen molar-refractivity contribution in [1.82, 2.24) is 9.21 Å². The SMILES string of the molecule is CCN(CC(=O)N1CCN(c2ccccc2OC)CC1)S(=O)(=O)c1ccc(F)cc1. The maximum Gasteiger partial charge on any atom is 0.243 e. The molecule has 1 heterocycles. The number of para-hydroxylation sites is 2. The van der Waals surface area contributed by atoms with Gasteiger partial charge in [-0.15, -0.1) is 0 Å². The normalized spacial score (nSPS) is 14.8. The van der Waals surface area contributed by atoms with Crippen LogP contribution in [0.1, 0.15) is 6.92 Å². The molecule has 0 aromatic heterocycles. The van der Waals surface area contributed by atoms with E-state index in [-0.39, 0.29) is 23.9 Å². The number of carbonyl (C=O) groups excluding carboxylic acids is 1. The van der Waals surface area contributed by atoms with Crippen LogP contribution in [0.25, 0.3) is 0 Å². The van der Waals surface area contributed by atoms with Gasteiger partial charge in [0.25, 0.3) is 0 Å². The molecule has 3 rings (SSSR count). The Balaban J connectivity index is 1.64. The Labute approximate surface area is 176 Å². The molecular formula is C21H26FN3O4S. The van der Waals surface area contributed by atoms with Crippen molar-refractivity contribution in [3.63, 3.8) is 0 Å². The second-order valence-electron chi connectivity index (χ2n) is 6.92. The fourth-order valence-corrected chi connectivity index (χ4v) is 4.86. The second-order valence-corrected chi connectivity index (χ2v) is 8.86. The quantitative estimate of drug-likeness (QED) is 0.667. The van der Waals surface area contributed by atoms with Gasteiger partial charge in [0.15, 0.2) is 0 Å². The molecule has 0 bridgehead atoms. The minimum atomic E-state index is -3.87. The van der Waals surface area contributed by atoms with Crippen molar-refractivity contribution in [3.05, 3.63) is 54.3 Å². The molecule has 2 aromatic rings. The minimum absolute atomic E-state index is 0.0282. The molecule has 2 aromatic carbocycles. The molecule has 7 nitrogen and oxygen atoms in total. The van der Waals surface area contributed by atoms with Crippen LogP contribution < -0.4 is 9.64 Å². The zero-order valence-electron chi connectivity index (χ0n) is 17.1. The number of rotatable bonds is 7. The molecule has 1 aliphatic heterocycles. The molecule has 9 heteroatoms. The van der Waals surface area contributed by atoms with Gasteiger partial charge in [0, 0.05) is 32.7 Å². The molecule has 1 saturated heterocycles. The maximum absolute atomic E-state index is 13.1. The molecule has 1 aliphatic rings. The van der Waals surface area contributed by atoms with Crippen molar-refractivity contribution in [2.24, 2.45) is 0 Å². The summed E-state index contributed by atoms with van der Waals surface area (Å²) in [5.41, 5.74) is 0.973. The van der Waals surface area contributed by atoms with Crippen molar-refractivity contribution in [3.8, 4) is 5.75 Å². The van der Waals surface area contributed by atoms with Gasteiger partial charge in [-0.3, -0.25) is 4.79 Å². The predicted octanol–water partition coefficient (Wildman–Crippen LogP) is 2.19. The van der Waals surface area contributed by atoms with Crippen LogP contribution in [0.2, 0.25) is 0 Å². The number of hydrogen-bond acceptors (Lipinski definition) is 5. The zero-order chi connectivity index (χ0) is 21.7. The topological polar surface area (TPSA) is 70.2 Å². The van der Waals surface area contributed by atoms with Crippen molar-refractivity contribution >= 4 is 21.6 Å². The average molecular weight is 436 g/mol. The Morgan fingerprint density at radius 1 is 1.07 bits per heavy atom. The third kappa shape index (κ3) is 4.73. The number of sulfonamides is 1. The summed E-state index contributed by atoms with van der Waals surface area (Å²) in [6.45, 7) is 3.81. The van der Waals surface area contributed by atoms with Gasteiger partial charge in [-0.25, -0.2) is 12.8 Å². The van der Waals surface area contributed by atoms with E-state index < -0.39 is 15.8 Å². The standard InChI is InChI=1S/C21H26FN3O4S/c1-3-25(30(27,28)18-10-8-17(22)9-11-18)16-21(26)24-14-12-23(13-15-24)19-6-4-5-7-20(19)29-2/h4-11H,3,12-16H2,1-2H3. The first-order valence-electron chi connectivity index (χ1n) is 9.78. The van der Waals surface area contributed by atoms with E-state index in [2.05, 4.69) is 4.90 Å². The first-order chi connectivity index (χ1) is 14.4. The first kappa shape index (κ1) is 22.0. The number of likely N-dealkylation sites (N-methyl/N-ethyl adjacent to an activating group) is 1. The number of methoxy groups -OCH3 is 1. The Morgan fingerprint density at radius 3 is 2.30 bits per heavy atom. The third-order valence-corrected chi connectivity index (χ3v) is 7.11. The van der Waals surface area contributed by atoms with Crippen LogP contribution in [0.3, 0.4) is 0 Å². The molecule has 0 saturated carbocycles. The van der Waals surface area contributed by atoms with Gasteiger partial charge >= 0.3 is 0 Å². The molecule has 30 heavy (non-hydrogen) atoms. The molecule has 162 valence electrons. The lowest BCUT2D eigenvalue weighted by Gasteiger charge is -2.37. The fraction of sp³-hybridized carbons (Fsp3) is 0.381. The van der Waals surface area contributed by atoms with Gasteiger partial charge in [-0.1, -0.05) is 19.1 Å². The number of amides is 1. The smallest absolute Gasteiger partial charge is 0.243 e. The number of carbonyl (C=O) groups is 1. The molecule has 0 unspecified atom stereocenters. The summed E-state index contributed by atoms with van der Waals surface area (Å²) >= 11 is 0. The first-order valence-corrected chi connectivity index (χ1v) is 11.2. The summed E-state index contributed by atoms with van der Waals surface area (Å²) in [4.78, 5) is 16.6. The summed E-state index contributed by atoms with van der Waals surface area (Å²) in [6, 6.07) is 12.3. The van der Waals surface area contributed by atoms with Gasteiger partial charge < -0.3 is 14.5 Å². The Hall–Kier alpha value is -2.65. The van der Waals surface area contributed by atoms with Crippen LogP contribution in [0.5, 0.6) is 5.75 Å². The molecule has 0 atom stereocenters. The highest BCUT2D eigenvalue weighted by molar-refractivity contribution is 7.89. The number of nitrogens with zero attached hydrogens (tertiary/aromatic N) is 3. The monoisotopic (exact) mass is 435 g/mol. The molecule has 0 radical (unpaired) electrons. The van der Waals surface area contributed by atoms with E-state index in [1.807, 2.05) is 24.3 Å². The lowest BCUT2D eigenvalue weighted by molar-refractivity contribution is -0.131. The van der Waals surface area contributed by atoms with Crippen LogP contribution in [0.4, 0.5) is 10.1 Å². The predicted molar refractivity (Wildman–Crippen MR) is 113 cm³/mol. The number of benzene rings is 2. The Bertz CT molecular complexity index is 974. The summed E-state index contributed by atoms with van der Waals surface area (Å²) in [6.07, 6.45) is 0. The molecule has 1 amide bonds. The van der Waals surface area contributed by atoms with Crippen molar-refractivity contribution in [2.75, 3.05) is 51.3 Å². The lowest BCUT2D eigenvalue weighted by atomic mass is 10.2. The van der Waals surface area contributed by atoms with Crippen molar-refractivity contribution in [2.45, 2.75) is 11.8 Å². The third-order valence-electron chi connectivity index (χ3n) is 5.17. The van der Waals surface area contributed by atoms with Crippen LogP contribution >= 0.6 is 0 Å². The van der Waals surface area contributed by atoms with Gasteiger partial charge in [0.1, 0.15) is 11.6 Å². The van der Waals surface area contributed by atoms with Crippen molar-refractivity contribution < 1.29 is 22.3 Å². The van der Waals surface area contributed by atoms with E-state index in [0.29, 0.717) is 26.2 Å². The van der Waals surface area contributed by atoms with Gasteiger partial charge in [0.05, 0.1) is 24.2 Å². The summed E-state index contributed by atoms with van der Waals surface area (Å²) in [5, 5.41) is 0. The largest absolute Gasteiger partial charge is 0.495 e. The van der Waals surface area contributed by atoms with Crippen LogP contribution in [-0.2, 0) is 14.8 Å². The van der Waals surface area contributed by atoms with Gasteiger partial charge in [-0.2, -0.15) is 4.31 Å². The average Bonchev–Trinajstić information content (AvgIpc) is 2.77. The van der Waals surface area contributed by atoms with E-state index in [4.69, 9.17) is 4.74 Å². The van der Waals surface area contributed by atoms with Gasteiger partial charge in [0.2, 0.25) is 15.9 Å². The number of halogens is 1. The molecule has 0 spiro atoms. The fourth-order valence-electron chi connectivity index (χ4n) is 3.46. The molecule has 0 aliphatic carbocycles. The minimum Gasteiger partial charge on any atom is -0.495 e. The second kappa shape index (κ2) is 9.44. The van der Waals surface area contributed by atoms with E-state index in [9.17, 15) is 17.6 Å². The molecular weight excluding hydrogens is 409 g/mol. The Morgan fingerprint density at radius 2 is 1.70 bits per heavy atom. The van der Waals surface area contributed by atoms with Crippen LogP contribution in [0, 0.1) is 5.82 Å². The van der Waals surface area contributed by atoms with E-state index in [1.165, 1.54) is 12.1 Å². The van der Waals surface area contributed by atoms with E-state index >= 15 is 0 Å². The number of piperazine rings is 1. The molecule has 1 fully saturated rings. The number of anilines is 1. The molecule has 0 N–H and O–H groups in total. The lowest BCUT2D eigenvalue weighted by Crippen LogP contribution is -2.51. The van der Waals surface area contributed by atoms with Crippen LogP contribution in [0.15, 0.2) is 53.4 Å². The number of hydrogen-bond donors (Lipinski definition) is 0. The highest BCUT2D eigenvalue weighted by Gasteiger charge is 2.29. The zero-order valence-corrected chi connectivity index (χ0v) is 17.9. The van der Waals surface area contributed by atoms with Crippen molar-refractivity contribution in [1.29, 1.82) is 0 Å². The summed E-state index contributed by atoms with van der Waals surface area (Å²) < 4.78 is 45.3. The summed E-state index contributed by atoms with van der Waals surface area (Å²) in [5.74, 6) is 0.0167. The highest BCUT2D eigenvalue weighted by Crippen LogP contribution is 2.28. The van der Waals surface area contributed by atoms with Crippen LogP contribution in [-0.4, -0.2) is 69.9 Å². The Kier molecular flexibility index (Phi) is 6.94.